The Balaban J connectivity index is 1.49. The van der Waals surface area contributed by atoms with Crippen LogP contribution in [0.4, 0.5) is 13.2 Å². The molecule has 3 heterocycles. The van der Waals surface area contributed by atoms with Crippen LogP contribution >= 0.6 is 34.8 Å². The number of pyridine rings is 1. The van der Waals surface area contributed by atoms with Crippen LogP contribution in [0.2, 0.25) is 15.1 Å². The maximum Gasteiger partial charge on any atom is 0.417 e. The van der Waals surface area contributed by atoms with E-state index in [0.29, 0.717) is 27.9 Å². The van der Waals surface area contributed by atoms with Crippen LogP contribution in [-0.2, 0) is 34.0 Å². The van der Waals surface area contributed by atoms with Gasteiger partial charge in [-0.2, -0.15) is 22.7 Å². The fourth-order valence-corrected chi connectivity index (χ4v) is 5.92. The standard InChI is InChI=1S/C23H19Cl3F3N7O3S/c1-2-18(19(37)12-36-32-20(31-34-36)10-14-15(24)5-3-6-16(14)25)33-40(38,39)21-7-4-8-35(21)22-17(26)9-13(11-30-22)23(27,28)29/h3-9,11,18,33H,2,10,12H2,1H3. The summed E-state index contributed by atoms with van der Waals surface area (Å²) in [6, 6.07) is 7.01. The molecule has 0 saturated carbocycles. The molecule has 0 radical (unpaired) electrons. The first kappa shape index (κ1) is 29.9. The molecule has 0 saturated heterocycles. The van der Waals surface area contributed by atoms with Crippen LogP contribution in [-0.4, -0.2) is 50.0 Å². The van der Waals surface area contributed by atoms with E-state index in [0.717, 1.165) is 9.36 Å². The van der Waals surface area contributed by atoms with Crippen LogP contribution in [0.25, 0.3) is 5.82 Å². The van der Waals surface area contributed by atoms with E-state index in [1.165, 1.54) is 18.3 Å². The van der Waals surface area contributed by atoms with E-state index < -0.39 is 45.2 Å². The number of hydrogen-bond donors (Lipinski definition) is 1. The zero-order chi connectivity index (χ0) is 29.2. The number of alkyl halides is 3. The molecule has 1 atom stereocenters. The highest BCUT2D eigenvalue weighted by Crippen LogP contribution is 2.32. The average Bonchev–Trinajstić information content (AvgIpc) is 3.54. The number of nitrogens with zero attached hydrogens (tertiary/aromatic N) is 6. The van der Waals surface area contributed by atoms with Crippen LogP contribution in [0, 0.1) is 0 Å². The molecule has 40 heavy (non-hydrogen) atoms. The molecule has 0 aliphatic carbocycles. The lowest BCUT2D eigenvalue weighted by Crippen LogP contribution is -2.42. The molecule has 1 aromatic carbocycles. The van der Waals surface area contributed by atoms with Gasteiger partial charge in [-0.05, 0) is 47.5 Å². The Morgan fingerprint density at radius 3 is 2.42 bits per heavy atom. The Morgan fingerprint density at radius 2 is 1.80 bits per heavy atom. The number of hydrogen-bond acceptors (Lipinski definition) is 7. The van der Waals surface area contributed by atoms with Gasteiger partial charge in [0.2, 0.25) is 0 Å². The van der Waals surface area contributed by atoms with Crippen molar-refractivity contribution in [2.75, 3.05) is 0 Å². The van der Waals surface area contributed by atoms with Crippen molar-refractivity contribution < 1.29 is 26.4 Å². The van der Waals surface area contributed by atoms with Gasteiger partial charge in [-0.15, -0.1) is 10.2 Å². The molecule has 3 aromatic heterocycles. The highest BCUT2D eigenvalue weighted by molar-refractivity contribution is 7.89. The summed E-state index contributed by atoms with van der Waals surface area (Å²) < 4.78 is 68.7. The summed E-state index contributed by atoms with van der Waals surface area (Å²) in [4.78, 5) is 17.7. The van der Waals surface area contributed by atoms with E-state index in [4.69, 9.17) is 34.8 Å². The largest absolute Gasteiger partial charge is 0.417 e. The first-order valence-electron chi connectivity index (χ1n) is 11.4. The van der Waals surface area contributed by atoms with Crippen LogP contribution in [0.1, 0.15) is 30.3 Å². The summed E-state index contributed by atoms with van der Waals surface area (Å²) in [5.74, 6) is -0.554. The van der Waals surface area contributed by atoms with Crippen molar-refractivity contribution in [2.45, 2.75) is 43.6 Å². The maximum absolute atomic E-state index is 13.2. The van der Waals surface area contributed by atoms with Crippen LogP contribution in [0.3, 0.4) is 0 Å². The molecule has 0 bridgehead atoms. The molecule has 17 heteroatoms. The van der Waals surface area contributed by atoms with Crippen molar-refractivity contribution in [1.29, 1.82) is 0 Å². The Kier molecular flexibility index (Phi) is 8.85. The number of sulfonamides is 1. The fraction of sp³-hybridized carbons (Fsp3) is 0.261. The van der Waals surface area contributed by atoms with Gasteiger partial charge in [-0.3, -0.25) is 9.36 Å². The number of benzene rings is 1. The van der Waals surface area contributed by atoms with Gasteiger partial charge < -0.3 is 0 Å². The number of nitrogens with one attached hydrogen (secondary N) is 1. The number of aromatic nitrogens is 6. The lowest BCUT2D eigenvalue weighted by molar-refractivity contribution is -0.137. The fourth-order valence-electron chi connectivity index (χ4n) is 3.67. The predicted octanol–water partition coefficient (Wildman–Crippen LogP) is 4.75. The monoisotopic (exact) mass is 635 g/mol. The third-order valence-corrected chi connectivity index (χ3v) is 8.11. The number of tetrazole rings is 1. The van der Waals surface area contributed by atoms with Crippen molar-refractivity contribution in [3.8, 4) is 5.82 Å². The predicted molar refractivity (Wildman–Crippen MR) is 140 cm³/mol. The maximum atomic E-state index is 13.2. The number of rotatable bonds is 10. The molecule has 212 valence electrons. The van der Waals surface area contributed by atoms with Gasteiger partial charge in [0.05, 0.1) is 16.6 Å². The minimum atomic E-state index is -4.68. The smallest absolute Gasteiger partial charge is 0.296 e. The number of Topliss-reactive ketones (excluding diaryl/α,β-unsaturated/α-hetero) is 1. The van der Waals surface area contributed by atoms with Crippen LogP contribution in [0.15, 0.2) is 53.8 Å². The quantitative estimate of drug-likeness (QED) is 0.266. The van der Waals surface area contributed by atoms with Gasteiger partial charge in [-0.25, -0.2) is 13.4 Å². The molecule has 0 amide bonds. The molecule has 0 fully saturated rings. The Hall–Kier alpha value is -3.04. The van der Waals surface area contributed by atoms with E-state index in [9.17, 15) is 26.4 Å². The van der Waals surface area contributed by atoms with Gasteiger partial charge in [0.1, 0.15) is 6.54 Å². The van der Waals surface area contributed by atoms with Gasteiger partial charge in [0.25, 0.3) is 10.0 Å². The zero-order valence-corrected chi connectivity index (χ0v) is 23.5. The minimum Gasteiger partial charge on any atom is -0.296 e. The van der Waals surface area contributed by atoms with E-state index in [1.54, 1.807) is 25.1 Å². The van der Waals surface area contributed by atoms with Gasteiger partial charge in [0, 0.05) is 28.9 Å². The van der Waals surface area contributed by atoms with E-state index in [2.05, 4.69) is 25.1 Å². The Morgan fingerprint density at radius 1 is 1.10 bits per heavy atom. The van der Waals surface area contributed by atoms with E-state index in [-0.39, 0.29) is 29.5 Å². The zero-order valence-electron chi connectivity index (χ0n) is 20.4. The highest BCUT2D eigenvalue weighted by Gasteiger charge is 2.33. The lowest BCUT2D eigenvalue weighted by Gasteiger charge is -2.17. The first-order valence-corrected chi connectivity index (χ1v) is 14.1. The van der Waals surface area contributed by atoms with Gasteiger partial charge in [-0.1, -0.05) is 47.8 Å². The molecular formula is C23H19Cl3F3N7O3S. The van der Waals surface area contributed by atoms with E-state index >= 15 is 0 Å². The third-order valence-electron chi connectivity index (χ3n) is 5.65. The van der Waals surface area contributed by atoms with Crippen molar-refractivity contribution in [3.63, 3.8) is 0 Å². The molecule has 10 nitrogen and oxygen atoms in total. The van der Waals surface area contributed by atoms with Crippen molar-refractivity contribution in [3.05, 3.63) is 80.8 Å². The second-order valence-electron chi connectivity index (χ2n) is 8.41. The average molecular weight is 637 g/mol. The number of carbonyl (C=O) groups is 1. The van der Waals surface area contributed by atoms with Crippen LogP contribution < -0.4 is 4.72 Å². The number of ketones is 1. The molecule has 4 aromatic rings. The summed E-state index contributed by atoms with van der Waals surface area (Å²) in [6.45, 7) is 1.20. The summed E-state index contributed by atoms with van der Waals surface area (Å²) in [6.07, 6.45) is -2.63. The summed E-state index contributed by atoms with van der Waals surface area (Å²) in [5.41, 5.74) is -0.506. The molecule has 1 N–H and O–H groups in total. The molecule has 1 unspecified atom stereocenters. The van der Waals surface area contributed by atoms with Gasteiger partial charge in [0.15, 0.2) is 22.5 Å². The molecule has 0 spiro atoms. The van der Waals surface area contributed by atoms with E-state index in [1.807, 2.05) is 0 Å². The number of halogens is 6. The normalized spacial score (nSPS) is 13.0. The van der Waals surface area contributed by atoms with Gasteiger partial charge >= 0.3 is 6.18 Å². The summed E-state index contributed by atoms with van der Waals surface area (Å²) in [7, 11) is -4.37. The molecular weight excluding hydrogens is 618 g/mol. The first-order chi connectivity index (χ1) is 18.8. The summed E-state index contributed by atoms with van der Waals surface area (Å²) >= 11 is 18.4. The Labute approximate surface area is 241 Å². The molecule has 0 aliphatic rings. The molecule has 4 rings (SSSR count). The third kappa shape index (κ3) is 6.63. The SMILES string of the molecule is CCC(NS(=O)(=O)c1cccn1-c1ncc(C(F)(F)F)cc1Cl)C(=O)Cn1nnc(Cc2c(Cl)cccc2Cl)n1. The Bertz CT molecular complexity index is 1640. The minimum absolute atomic E-state index is 0.0782. The van der Waals surface area contributed by atoms with Crippen molar-refractivity contribution >= 4 is 50.6 Å². The highest BCUT2D eigenvalue weighted by atomic mass is 35.5. The topological polar surface area (TPSA) is 125 Å². The second kappa shape index (κ2) is 11.8. The molecule has 0 aliphatic heterocycles. The second-order valence-corrected chi connectivity index (χ2v) is 11.3. The number of carbonyl (C=O) groups excluding carboxylic acids is 1. The summed E-state index contributed by atoms with van der Waals surface area (Å²) in [5, 5.41) is 11.9. The van der Waals surface area contributed by atoms with Crippen molar-refractivity contribution in [2.24, 2.45) is 0 Å². The van der Waals surface area contributed by atoms with Crippen LogP contribution in [0.5, 0.6) is 0 Å². The van der Waals surface area contributed by atoms with Crippen molar-refractivity contribution in [1.82, 2.24) is 34.5 Å². The lowest BCUT2D eigenvalue weighted by atomic mass is 10.1.